The van der Waals surface area contributed by atoms with E-state index in [2.05, 4.69) is 32.7 Å². The average Bonchev–Trinajstić information content (AvgIpc) is 2.85. The van der Waals surface area contributed by atoms with Crippen molar-refractivity contribution in [2.45, 2.75) is 25.7 Å². The molecule has 34 heavy (non-hydrogen) atoms. The van der Waals surface area contributed by atoms with E-state index in [0.29, 0.717) is 25.3 Å². The zero-order chi connectivity index (χ0) is 24.0. The third-order valence-corrected chi connectivity index (χ3v) is 5.06. The minimum absolute atomic E-state index is 0.126. The molecule has 0 atom stereocenters. The van der Waals surface area contributed by atoms with E-state index in [0.717, 1.165) is 28.8 Å². The smallest absolute Gasteiger partial charge is 0.303 e. The predicted molar refractivity (Wildman–Crippen MR) is 134 cm³/mol. The molecular weight excluding hydrogens is 426 g/mol. The van der Waals surface area contributed by atoms with E-state index in [1.54, 1.807) is 12.4 Å². The Morgan fingerprint density at radius 2 is 1.91 bits per heavy atom. The van der Waals surface area contributed by atoms with Crippen LogP contribution in [0.15, 0.2) is 90.2 Å². The predicted octanol–water partition coefficient (Wildman–Crippen LogP) is 4.85. The van der Waals surface area contributed by atoms with Crippen LogP contribution in [0.4, 0.5) is 5.69 Å². The Hall–Kier alpha value is -4.44. The molecule has 7 nitrogen and oxygen atoms in total. The van der Waals surface area contributed by atoms with Crippen LogP contribution >= 0.6 is 0 Å². The minimum atomic E-state index is -0.799. The Kier molecular flexibility index (Phi) is 9.39. The topological polar surface area (TPSA) is 110 Å². The summed E-state index contributed by atoms with van der Waals surface area (Å²) in [5.74, 6) is -0.421. The molecule has 0 saturated heterocycles. The maximum Gasteiger partial charge on any atom is 0.303 e. The summed E-state index contributed by atoms with van der Waals surface area (Å²) >= 11 is 0. The SMILES string of the molecule is N#CN=C(NCCc1ccccc1)Nc1cccc(C(=CCCCC(=O)O)c2cccnc2)c1. The molecular formula is C27H27N5O2. The molecule has 3 aromatic rings. The zero-order valence-corrected chi connectivity index (χ0v) is 18.8. The van der Waals surface area contributed by atoms with Crippen molar-refractivity contribution in [2.75, 3.05) is 11.9 Å². The molecule has 3 rings (SSSR count). The summed E-state index contributed by atoms with van der Waals surface area (Å²) in [5.41, 5.74) is 4.84. The molecule has 0 spiro atoms. The number of carboxylic acid groups (broad SMARTS) is 1. The molecule has 3 N–H and O–H groups in total. The number of benzene rings is 2. The van der Waals surface area contributed by atoms with E-state index in [9.17, 15) is 4.79 Å². The van der Waals surface area contributed by atoms with E-state index >= 15 is 0 Å². The molecule has 0 aliphatic heterocycles. The van der Waals surface area contributed by atoms with Crippen molar-refractivity contribution >= 4 is 23.2 Å². The number of aliphatic carboxylic acids is 1. The second-order valence-corrected chi connectivity index (χ2v) is 7.57. The molecule has 1 aromatic heterocycles. The van der Waals surface area contributed by atoms with Crippen LogP contribution in [-0.2, 0) is 11.2 Å². The Bertz CT molecular complexity index is 1170. The maximum atomic E-state index is 10.9. The van der Waals surface area contributed by atoms with Crippen LogP contribution in [0.5, 0.6) is 0 Å². The van der Waals surface area contributed by atoms with E-state index in [1.807, 2.05) is 66.9 Å². The van der Waals surface area contributed by atoms with E-state index < -0.39 is 5.97 Å². The van der Waals surface area contributed by atoms with Crippen LogP contribution in [0.2, 0.25) is 0 Å². The minimum Gasteiger partial charge on any atom is -0.481 e. The maximum absolute atomic E-state index is 10.9. The fraction of sp³-hybridized carbons (Fsp3) is 0.185. The van der Waals surface area contributed by atoms with Crippen LogP contribution in [-0.4, -0.2) is 28.6 Å². The molecule has 7 heteroatoms. The highest BCUT2D eigenvalue weighted by Gasteiger charge is 2.08. The van der Waals surface area contributed by atoms with Crippen molar-refractivity contribution in [1.29, 1.82) is 5.26 Å². The number of nitriles is 1. The monoisotopic (exact) mass is 453 g/mol. The van der Waals surface area contributed by atoms with Gasteiger partial charge in [0, 0.05) is 36.6 Å². The second kappa shape index (κ2) is 13.2. The van der Waals surface area contributed by atoms with Gasteiger partial charge in [0.15, 0.2) is 0 Å². The summed E-state index contributed by atoms with van der Waals surface area (Å²) in [6.07, 6.45) is 9.51. The molecule has 0 unspecified atom stereocenters. The number of guanidine groups is 1. The van der Waals surface area contributed by atoms with Crippen molar-refractivity contribution in [2.24, 2.45) is 4.99 Å². The van der Waals surface area contributed by atoms with Gasteiger partial charge in [-0.15, -0.1) is 4.99 Å². The lowest BCUT2D eigenvalue weighted by Gasteiger charge is -2.14. The van der Waals surface area contributed by atoms with Gasteiger partial charge < -0.3 is 15.7 Å². The van der Waals surface area contributed by atoms with Gasteiger partial charge in [0.25, 0.3) is 0 Å². The largest absolute Gasteiger partial charge is 0.481 e. The van der Waals surface area contributed by atoms with Gasteiger partial charge in [0.2, 0.25) is 12.2 Å². The first-order valence-corrected chi connectivity index (χ1v) is 11.1. The van der Waals surface area contributed by atoms with Gasteiger partial charge in [-0.3, -0.25) is 9.78 Å². The van der Waals surface area contributed by atoms with Gasteiger partial charge in [-0.05, 0) is 54.2 Å². The highest BCUT2D eigenvalue weighted by atomic mass is 16.4. The first kappa shape index (κ1) is 24.2. The van der Waals surface area contributed by atoms with E-state index in [4.69, 9.17) is 10.4 Å². The number of unbranched alkanes of at least 4 members (excludes halogenated alkanes) is 1. The van der Waals surface area contributed by atoms with E-state index in [1.165, 1.54) is 5.56 Å². The molecule has 1 heterocycles. The van der Waals surface area contributed by atoms with Crippen molar-refractivity contribution in [1.82, 2.24) is 10.3 Å². The fourth-order valence-electron chi connectivity index (χ4n) is 3.46. The molecule has 0 amide bonds. The summed E-state index contributed by atoms with van der Waals surface area (Å²) in [5, 5.41) is 24.4. The number of anilines is 1. The van der Waals surface area contributed by atoms with Gasteiger partial charge in [-0.25, -0.2) is 0 Å². The molecule has 172 valence electrons. The number of aromatic nitrogens is 1. The van der Waals surface area contributed by atoms with Crippen LogP contribution in [0, 0.1) is 11.5 Å². The van der Waals surface area contributed by atoms with Gasteiger partial charge in [0.05, 0.1) is 0 Å². The zero-order valence-electron chi connectivity index (χ0n) is 18.8. The molecule has 0 fully saturated rings. The number of nitrogens with zero attached hydrogens (tertiary/aromatic N) is 3. The number of nitrogens with one attached hydrogen (secondary N) is 2. The molecule has 0 aliphatic rings. The summed E-state index contributed by atoms with van der Waals surface area (Å²) in [6, 6.07) is 21.7. The molecule has 0 bridgehead atoms. The Balaban J connectivity index is 1.74. The van der Waals surface area contributed by atoms with Crippen LogP contribution in [0.25, 0.3) is 5.57 Å². The highest BCUT2D eigenvalue weighted by molar-refractivity contribution is 5.95. The molecule has 2 aromatic carbocycles. The van der Waals surface area contributed by atoms with Gasteiger partial charge in [-0.2, -0.15) is 5.26 Å². The number of carbonyl (C=O) groups is 1. The number of pyridine rings is 1. The lowest BCUT2D eigenvalue weighted by Crippen LogP contribution is -2.32. The second-order valence-electron chi connectivity index (χ2n) is 7.57. The summed E-state index contributed by atoms with van der Waals surface area (Å²) in [4.78, 5) is 19.0. The number of allylic oxidation sites excluding steroid dienone is 1. The first-order valence-electron chi connectivity index (χ1n) is 11.1. The van der Waals surface area contributed by atoms with Gasteiger partial charge in [0.1, 0.15) is 0 Å². The highest BCUT2D eigenvalue weighted by Crippen LogP contribution is 2.26. The Morgan fingerprint density at radius 3 is 2.65 bits per heavy atom. The quantitative estimate of drug-likeness (QED) is 0.175. The fourth-order valence-corrected chi connectivity index (χ4v) is 3.46. The third kappa shape index (κ3) is 7.92. The normalized spacial score (nSPS) is 11.5. The average molecular weight is 454 g/mol. The number of carboxylic acids is 1. The number of aliphatic imine (C=N–C) groups is 1. The van der Waals surface area contributed by atoms with Crippen molar-refractivity contribution in [3.8, 4) is 6.19 Å². The molecule has 0 radical (unpaired) electrons. The number of rotatable bonds is 10. The summed E-state index contributed by atoms with van der Waals surface area (Å²) < 4.78 is 0. The molecule has 0 saturated carbocycles. The van der Waals surface area contributed by atoms with Crippen LogP contribution in [0.3, 0.4) is 0 Å². The van der Waals surface area contributed by atoms with Crippen molar-refractivity contribution < 1.29 is 9.90 Å². The van der Waals surface area contributed by atoms with Gasteiger partial charge in [-0.1, -0.05) is 54.6 Å². The lowest BCUT2D eigenvalue weighted by molar-refractivity contribution is -0.137. The standard InChI is InChI=1S/C27H27N5O2/c28-20-31-27(30-17-15-21-8-2-1-3-9-21)32-24-12-6-10-22(18-24)25(13-4-5-14-26(33)34)23-11-7-16-29-19-23/h1-3,6-13,16,18-19H,4-5,14-15,17H2,(H,33,34)(H2,30,31,32). The van der Waals surface area contributed by atoms with Crippen LogP contribution in [0.1, 0.15) is 36.0 Å². The summed E-state index contributed by atoms with van der Waals surface area (Å²) in [6.45, 7) is 0.627. The number of hydrogen-bond acceptors (Lipinski definition) is 4. The van der Waals surface area contributed by atoms with Crippen molar-refractivity contribution in [3.63, 3.8) is 0 Å². The number of hydrogen-bond donors (Lipinski definition) is 3. The Morgan fingerprint density at radius 1 is 1.09 bits per heavy atom. The van der Waals surface area contributed by atoms with Gasteiger partial charge >= 0.3 is 5.97 Å². The Labute approximate surface area is 199 Å². The van der Waals surface area contributed by atoms with E-state index in [-0.39, 0.29) is 6.42 Å². The molecule has 0 aliphatic carbocycles. The van der Waals surface area contributed by atoms with Crippen LogP contribution < -0.4 is 10.6 Å². The lowest BCUT2D eigenvalue weighted by atomic mass is 9.97. The first-order chi connectivity index (χ1) is 16.7. The van der Waals surface area contributed by atoms with Crippen molar-refractivity contribution in [3.05, 3.63) is 102 Å². The third-order valence-electron chi connectivity index (χ3n) is 5.06. The summed E-state index contributed by atoms with van der Waals surface area (Å²) in [7, 11) is 0.